The highest BCUT2D eigenvalue weighted by Gasteiger charge is 2.21. The molecule has 5 heteroatoms. The van der Waals surface area contributed by atoms with E-state index < -0.39 is 4.92 Å². The molecule has 2 N–H and O–H groups in total. The molecular weight excluding hydrogens is 182 g/mol. The van der Waals surface area contributed by atoms with Crippen LogP contribution in [0.5, 0.6) is 0 Å². The number of nitro groups is 1. The Morgan fingerprint density at radius 1 is 1.71 bits per heavy atom. The second-order valence-corrected chi connectivity index (χ2v) is 3.13. The topological polar surface area (TPSA) is 82.0 Å². The molecule has 76 valence electrons. The molecule has 0 radical (unpaired) electrons. The van der Waals surface area contributed by atoms with Crippen LogP contribution in [0.4, 0.5) is 5.69 Å². The highest BCUT2D eigenvalue weighted by molar-refractivity contribution is 5.44. The summed E-state index contributed by atoms with van der Waals surface area (Å²) in [5, 5.41) is 10.8. The van der Waals surface area contributed by atoms with Crippen LogP contribution in [0.15, 0.2) is 12.3 Å². The van der Waals surface area contributed by atoms with Gasteiger partial charge in [-0.2, -0.15) is 0 Å². The van der Waals surface area contributed by atoms with Crippen molar-refractivity contribution in [2.24, 2.45) is 5.73 Å². The van der Waals surface area contributed by atoms with Crippen LogP contribution in [0, 0.1) is 17.0 Å². The molecule has 0 aromatic carbocycles. The number of hydrogen-bond donors (Lipinski definition) is 1. The van der Waals surface area contributed by atoms with Crippen LogP contribution in [-0.4, -0.2) is 9.91 Å². The normalized spacial score (nSPS) is 12.5. The minimum absolute atomic E-state index is 0.0434. The molecule has 0 saturated carbocycles. The van der Waals surface area contributed by atoms with Crippen LogP contribution in [0.1, 0.15) is 30.6 Å². The summed E-state index contributed by atoms with van der Waals surface area (Å²) in [5.74, 6) is 0. The second kappa shape index (κ2) is 4.15. The van der Waals surface area contributed by atoms with Gasteiger partial charge in [0.2, 0.25) is 0 Å². The van der Waals surface area contributed by atoms with Gasteiger partial charge in [-0.15, -0.1) is 0 Å². The highest BCUT2D eigenvalue weighted by atomic mass is 16.6. The monoisotopic (exact) mass is 195 g/mol. The third-order valence-electron chi connectivity index (χ3n) is 2.13. The average molecular weight is 195 g/mol. The van der Waals surface area contributed by atoms with E-state index in [0.717, 1.165) is 0 Å². The highest BCUT2D eigenvalue weighted by Crippen LogP contribution is 2.26. The van der Waals surface area contributed by atoms with Crippen LogP contribution in [-0.2, 0) is 0 Å². The van der Waals surface area contributed by atoms with Gasteiger partial charge in [-0.05, 0) is 19.4 Å². The molecule has 14 heavy (non-hydrogen) atoms. The van der Waals surface area contributed by atoms with Gasteiger partial charge < -0.3 is 5.73 Å². The first-order chi connectivity index (χ1) is 6.57. The SMILES string of the molecule is CCC(N)c1nccc(C)c1[N+](=O)[O-]. The summed E-state index contributed by atoms with van der Waals surface area (Å²) >= 11 is 0. The largest absolute Gasteiger partial charge is 0.322 e. The molecular formula is C9H13N3O2. The van der Waals surface area contributed by atoms with Gasteiger partial charge in [-0.25, -0.2) is 0 Å². The summed E-state index contributed by atoms with van der Waals surface area (Å²) < 4.78 is 0. The first-order valence-corrected chi connectivity index (χ1v) is 4.43. The molecule has 0 aliphatic heterocycles. The van der Waals surface area contributed by atoms with Crippen LogP contribution in [0.25, 0.3) is 0 Å². The molecule has 1 rings (SSSR count). The molecule has 0 aliphatic carbocycles. The summed E-state index contributed by atoms with van der Waals surface area (Å²) in [4.78, 5) is 14.3. The predicted octanol–water partition coefficient (Wildman–Crippen LogP) is 1.71. The van der Waals surface area contributed by atoms with E-state index in [1.54, 1.807) is 19.2 Å². The molecule has 1 heterocycles. The molecule has 1 unspecified atom stereocenters. The first-order valence-electron chi connectivity index (χ1n) is 4.43. The maximum Gasteiger partial charge on any atom is 0.295 e. The maximum atomic E-state index is 10.8. The van der Waals surface area contributed by atoms with Crippen molar-refractivity contribution in [3.8, 4) is 0 Å². The molecule has 0 amide bonds. The molecule has 0 bridgehead atoms. The summed E-state index contributed by atoms with van der Waals surface area (Å²) in [6.45, 7) is 3.56. The Morgan fingerprint density at radius 2 is 2.36 bits per heavy atom. The Labute approximate surface area is 82.1 Å². The lowest BCUT2D eigenvalue weighted by atomic mass is 10.1. The third-order valence-corrected chi connectivity index (χ3v) is 2.13. The standard InChI is InChI=1S/C9H13N3O2/c1-3-7(10)8-9(12(13)14)6(2)4-5-11-8/h4-5,7H,3,10H2,1-2H3. The van der Waals surface area contributed by atoms with E-state index in [1.807, 2.05) is 6.92 Å². The Morgan fingerprint density at radius 3 is 2.86 bits per heavy atom. The van der Waals surface area contributed by atoms with Gasteiger partial charge in [0.1, 0.15) is 5.69 Å². The number of aromatic nitrogens is 1. The zero-order valence-electron chi connectivity index (χ0n) is 8.23. The van der Waals surface area contributed by atoms with Crippen LogP contribution in [0.3, 0.4) is 0 Å². The number of nitrogens with zero attached hydrogens (tertiary/aromatic N) is 2. The smallest absolute Gasteiger partial charge is 0.295 e. The quantitative estimate of drug-likeness (QED) is 0.588. The Bertz CT molecular complexity index is 352. The van der Waals surface area contributed by atoms with Gasteiger partial charge in [0.25, 0.3) is 5.69 Å². The zero-order valence-corrected chi connectivity index (χ0v) is 8.23. The van der Waals surface area contributed by atoms with Crippen LogP contribution in [0.2, 0.25) is 0 Å². The van der Waals surface area contributed by atoms with Gasteiger partial charge >= 0.3 is 0 Å². The van der Waals surface area contributed by atoms with Crippen molar-refractivity contribution in [1.82, 2.24) is 4.98 Å². The summed E-state index contributed by atoms with van der Waals surface area (Å²) in [7, 11) is 0. The predicted molar refractivity (Wildman–Crippen MR) is 52.8 cm³/mol. The fourth-order valence-electron chi connectivity index (χ4n) is 1.27. The Balaban J connectivity index is 3.28. The summed E-state index contributed by atoms with van der Waals surface area (Å²) in [5.41, 5.74) is 6.75. The third kappa shape index (κ3) is 1.88. The van der Waals surface area contributed by atoms with Crippen LogP contribution < -0.4 is 5.73 Å². The van der Waals surface area contributed by atoms with Crippen molar-refractivity contribution >= 4 is 5.69 Å². The minimum atomic E-state index is -0.423. The lowest BCUT2D eigenvalue weighted by molar-refractivity contribution is -0.386. The van der Waals surface area contributed by atoms with Gasteiger partial charge in [-0.1, -0.05) is 6.92 Å². The minimum Gasteiger partial charge on any atom is -0.322 e. The lowest BCUT2D eigenvalue weighted by Crippen LogP contribution is -2.13. The zero-order chi connectivity index (χ0) is 10.7. The molecule has 5 nitrogen and oxygen atoms in total. The average Bonchev–Trinajstić information content (AvgIpc) is 2.15. The molecule has 0 fully saturated rings. The van der Waals surface area contributed by atoms with E-state index in [4.69, 9.17) is 5.73 Å². The van der Waals surface area contributed by atoms with Gasteiger partial charge in [0.15, 0.2) is 0 Å². The molecule has 0 spiro atoms. The molecule has 0 aliphatic rings. The lowest BCUT2D eigenvalue weighted by Gasteiger charge is -2.09. The Hall–Kier alpha value is -1.49. The number of nitrogens with two attached hydrogens (primary N) is 1. The second-order valence-electron chi connectivity index (χ2n) is 3.13. The van der Waals surface area contributed by atoms with E-state index in [2.05, 4.69) is 4.98 Å². The van der Waals surface area contributed by atoms with E-state index >= 15 is 0 Å². The van der Waals surface area contributed by atoms with Crippen molar-refractivity contribution in [2.75, 3.05) is 0 Å². The number of aryl methyl sites for hydroxylation is 1. The fourth-order valence-corrected chi connectivity index (χ4v) is 1.27. The summed E-state index contributed by atoms with van der Waals surface area (Å²) in [6, 6.07) is 1.25. The van der Waals surface area contributed by atoms with Gasteiger partial charge in [0.05, 0.1) is 11.0 Å². The fraction of sp³-hybridized carbons (Fsp3) is 0.444. The van der Waals surface area contributed by atoms with Crippen molar-refractivity contribution < 1.29 is 4.92 Å². The van der Waals surface area contributed by atoms with Crippen molar-refractivity contribution in [3.63, 3.8) is 0 Å². The van der Waals surface area contributed by atoms with E-state index in [0.29, 0.717) is 17.7 Å². The molecule has 1 aromatic heterocycles. The number of hydrogen-bond acceptors (Lipinski definition) is 4. The number of pyridine rings is 1. The Kier molecular flexibility index (Phi) is 3.14. The first kappa shape index (κ1) is 10.6. The van der Waals surface area contributed by atoms with Gasteiger partial charge in [-0.3, -0.25) is 15.1 Å². The molecule has 1 atom stereocenters. The van der Waals surface area contributed by atoms with E-state index in [1.165, 1.54) is 0 Å². The van der Waals surface area contributed by atoms with Gasteiger partial charge in [0, 0.05) is 11.8 Å². The number of rotatable bonds is 3. The summed E-state index contributed by atoms with van der Waals surface area (Å²) in [6.07, 6.45) is 2.18. The molecule has 1 aromatic rings. The van der Waals surface area contributed by atoms with E-state index in [-0.39, 0.29) is 11.7 Å². The van der Waals surface area contributed by atoms with Crippen molar-refractivity contribution in [3.05, 3.63) is 33.6 Å². The van der Waals surface area contributed by atoms with Crippen LogP contribution >= 0.6 is 0 Å². The van der Waals surface area contributed by atoms with E-state index in [9.17, 15) is 10.1 Å². The maximum absolute atomic E-state index is 10.8. The van der Waals surface area contributed by atoms with Crippen molar-refractivity contribution in [2.45, 2.75) is 26.3 Å². The van der Waals surface area contributed by atoms with Crippen molar-refractivity contribution in [1.29, 1.82) is 0 Å². The molecule has 0 saturated heterocycles.